The summed E-state index contributed by atoms with van der Waals surface area (Å²) in [6, 6.07) is 4.93. The van der Waals surface area contributed by atoms with Crippen molar-refractivity contribution in [1.29, 1.82) is 0 Å². The number of hydrogen-bond acceptors (Lipinski definition) is 5. The smallest absolute Gasteiger partial charge is 0.216 e. The van der Waals surface area contributed by atoms with Crippen LogP contribution < -0.4 is 0 Å². The second-order valence-electron chi connectivity index (χ2n) is 4.34. The molecule has 0 unspecified atom stereocenters. The lowest BCUT2D eigenvalue weighted by atomic mass is 10.1. The van der Waals surface area contributed by atoms with Gasteiger partial charge >= 0.3 is 0 Å². The monoisotopic (exact) mass is 306 g/mol. The molecule has 0 bridgehead atoms. The Morgan fingerprint density at radius 1 is 1.30 bits per heavy atom. The minimum absolute atomic E-state index is 0.179. The van der Waals surface area contributed by atoms with Crippen molar-refractivity contribution < 1.29 is 5.11 Å². The minimum Gasteiger partial charge on any atom is -0.507 e. The fourth-order valence-electron chi connectivity index (χ4n) is 1.80. The molecule has 0 fully saturated rings. The number of nitrogens with zero attached hydrogens (tertiary/aromatic N) is 4. The van der Waals surface area contributed by atoms with Crippen molar-refractivity contribution in [1.82, 2.24) is 14.9 Å². The molecule has 0 radical (unpaired) electrons. The molecule has 2 aromatic rings. The van der Waals surface area contributed by atoms with E-state index in [9.17, 15) is 5.11 Å². The Hall–Kier alpha value is -1.79. The summed E-state index contributed by atoms with van der Waals surface area (Å²) in [7, 11) is 0. The van der Waals surface area contributed by atoms with Crippen LogP contribution in [0.25, 0.3) is 6.08 Å². The summed E-state index contributed by atoms with van der Waals surface area (Å²) in [5.41, 5.74) is 1.49. The lowest BCUT2D eigenvalue weighted by Gasteiger charge is -2.13. The van der Waals surface area contributed by atoms with Gasteiger partial charge in [0.15, 0.2) is 5.82 Å². The average Bonchev–Trinajstić information content (AvgIpc) is 2.76. The molecule has 3 rings (SSSR count). The number of phenols is 1. The number of halogens is 1. The highest BCUT2D eigenvalue weighted by Crippen LogP contribution is 2.34. The van der Waals surface area contributed by atoms with Gasteiger partial charge in [-0.2, -0.15) is 9.78 Å². The third-order valence-corrected chi connectivity index (χ3v) is 4.16. The third kappa shape index (κ3) is 2.32. The van der Waals surface area contributed by atoms with Gasteiger partial charge in [0.25, 0.3) is 0 Å². The molecular formula is C13H11ClN4OS. The lowest BCUT2D eigenvalue weighted by molar-refractivity contribution is 0.474. The van der Waals surface area contributed by atoms with Gasteiger partial charge in [-0.15, -0.1) is 10.2 Å². The number of fused-ring (bicyclic) bond motifs is 1. The van der Waals surface area contributed by atoms with Gasteiger partial charge in [0.2, 0.25) is 5.16 Å². The van der Waals surface area contributed by atoms with Gasteiger partial charge in [-0.05, 0) is 49.9 Å². The van der Waals surface area contributed by atoms with Crippen LogP contribution >= 0.6 is 23.4 Å². The van der Waals surface area contributed by atoms with Gasteiger partial charge in [-0.3, -0.25) is 0 Å². The highest BCUT2D eigenvalue weighted by atomic mass is 35.5. The molecule has 0 saturated heterocycles. The number of allylic oxidation sites excluding steroid dienone is 1. The third-order valence-electron chi connectivity index (χ3n) is 2.85. The van der Waals surface area contributed by atoms with E-state index < -0.39 is 0 Å². The molecule has 0 spiro atoms. The fourth-order valence-corrected chi connectivity index (χ4v) is 2.90. The molecule has 1 aliphatic rings. The Balaban J connectivity index is 2.04. The molecule has 0 amide bonds. The van der Waals surface area contributed by atoms with Gasteiger partial charge < -0.3 is 5.11 Å². The first-order chi connectivity index (χ1) is 9.54. The average molecular weight is 307 g/mol. The zero-order valence-corrected chi connectivity index (χ0v) is 12.4. The molecule has 1 N–H and O–H groups in total. The summed E-state index contributed by atoms with van der Waals surface area (Å²) in [6.07, 6.45) is 1.85. The summed E-state index contributed by atoms with van der Waals surface area (Å²) in [5.74, 6) is 0.926. The maximum atomic E-state index is 9.87. The molecule has 102 valence electrons. The van der Waals surface area contributed by atoms with Gasteiger partial charge in [-0.25, -0.2) is 0 Å². The summed E-state index contributed by atoms with van der Waals surface area (Å²) in [4.78, 5) is 0.905. The van der Waals surface area contributed by atoms with Crippen LogP contribution in [0.15, 0.2) is 33.4 Å². The Morgan fingerprint density at radius 3 is 2.90 bits per heavy atom. The van der Waals surface area contributed by atoms with E-state index in [4.69, 9.17) is 11.6 Å². The number of phenolic OH excluding ortho intramolecular Hbond substituents is 1. The minimum atomic E-state index is 0.179. The van der Waals surface area contributed by atoms with E-state index in [1.165, 1.54) is 11.8 Å². The van der Waals surface area contributed by atoms with Crippen LogP contribution in [0.4, 0.5) is 0 Å². The van der Waals surface area contributed by atoms with E-state index >= 15 is 0 Å². The number of hydrogen-bond donors (Lipinski definition) is 1. The molecular weight excluding hydrogens is 296 g/mol. The number of thioether (sulfide) groups is 1. The van der Waals surface area contributed by atoms with Crippen molar-refractivity contribution in [2.24, 2.45) is 5.10 Å². The topological polar surface area (TPSA) is 63.3 Å². The van der Waals surface area contributed by atoms with E-state index in [2.05, 4.69) is 15.3 Å². The van der Waals surface area contributed by atoms with Crippen LogP contribution in [0.2, 0.25) is 5.02 Å². The predicted molar refractivity (Wildman–Crippen MR) is 80.2 cm³/mol. The Kier molecular flexibility index (Phi) is 3.27. The second-order valence-corrected chi connectivity index (χ2v) is 5.79. The number of aromatic nitrogens is 3. The highest BCUT2D eigenvalue weighted by Gasteiger charge is 2.19. The maximum Gasteiger partial charge on any atom is 0.216 e. The molecule has 5 nitrogen and oxygen atoms in total. The van der Waals surface area contributed by atoms with Crippen LogP contribution in [0.5, 0.6) is 5.75 Å². The van der Waals surface area contributed by atoms with Crippen LogP contribution in [-0.2, 0) is 0 Å². The van der Waals surface area contributed by atoms with E-state index in [0.717, 1.165) is 16.4 Å². The van der Waals surface area contributed by atoms with Crippen molar-refractivity contribution in [2.75, 3.05) is 0 Å². The number of aryl methyl sites for hydroxylation is 1. The summed E-state index contributed by atoms with van der Waals surface area (Å²) < 4.78 is 1.70. The van der Waals surface area contributed by atoms with Crippen LogP contribution in [0.3, 0.4) is 0 Å². The van der Waals surface area contributed by atoms with Crippen molar-refractivity contribution in [3.8, 4) is 5.75 Å². The van der Waals surface area contributed by atoms with E-state index in [-0.39, 0.29) is 5.75 Å². The lowest BCUT2D eigenvalue weighted by Crippen LogP contribution is -2.07. The van der Waals surface area contributed by atoms with Crippen LogP contribution in [0, 0.1) is 6.92 Å². The SMILES string of the molecule is CC1=Nn2c(C)nnc2S/C1=C\c1cc(Cl)ccc1O. The van der Waals surface area contributed by atoms with E-state index in [0.29, 0.717) is 15.7 Å². The molecule has 1 aliphatic heterocycles. The van der Waals surface area contributed by atoms with Crippen molar-refractivity contribution >= 4 is 35.2 Å². The standard InChI is InChI=1S/C13H11ClN4OS/c1-7-12(6-9-5-10(14)3-4-11(9)19)20-13-16-15-8(2)18(13)17-7/h3-6,19H,1-2H3/b12-6-. The first-order valence-electron chi connectivity index (χ1n) is 5.90. The molecule has 0 aliphatic carbocycles. The van der Waals surface area contributed by atoms with Crippen LogP contribution in [-0.4, -0.2) is 25.7 Å². The van der Waals surface area contributed by atoms with Gasteiger partial charge in [0.1, 0.15) is 5.75 Å². The normalized spacial score (nSPS) is 16.1. The van der Waals surface area contributed by atoms with Crippen LogP contribution in [0.1, 0.15) is 18.3 Å². The molecule has 1 aromatic carbocycles. The molecule has 1 aromatic heterocycles. The Labute approximate surface area is 125 Å². The van der Waals surface area contributed by atoms with Crippen molar-refractivity contribution in [3.63, 3.8) is 0 Å². The summed E-state index contributed by atoms with van der Waals surface area (Å²) in [5, 5.41) is 23.6. The maximum absolute atomic E-state index is 9.87. The molecule has 20 heavy (non-hydrogen) atoms. The molecule has 2 heterocycles. The van der Waals surface area contributed by atoms with E-state index in [1.54, 1.807) is 22.9 Å². The number of aromatic hydroxyl groups is 1. The van der Waals surface area contributed by atoms with Crippen molar-refractivity contribution in [2.45, 2.75) is 19.0 Å². The highest BCUT2D eigenvalue weighted by molar-refractivity contribution is 8.04. The Bertz CT molecular complexity index is 751. The summed E-state index contributed by atoms with van der Waals surface area (Å²) in [6.45, 7) is 3.76. The number of benzene rings is 1. The largest absolute Gasteiger partial charge is 0.507 e. The molecule has 0 atom stereocenters. The fraction of sp³-hybridized carbons (Fsp3) is 0.154. The summed E-state index contributed by atoms with van der Waals surface area (Å²) >= 11 is 7.41. The first kappa shape index (κ1) is 13.2. The van der Waals surface area contributed by atoms with Gasteiger partial charge in [0.05, 0.1) is 5.71 Å². The van der Waals surface area contributed by atoms with E-state index in [1.807, 2.05) is 19.9 Å². The molecule has 7 heteroatoms. The van der Waals surface area contributed by atoms with Crippen molar-refractivity contribution in [3.05, 3.63) is 39.5 Å². The zero-order valence-electron chi connectivity index (χ0n) is 10.8. The second kappa shape index (κ2) is 4.96. The Morgan fingerprint density at radius 2 is 2.10 bits per heavy atom. The zero-order chi connectivity index (χ0) is 14.3. The van der Waals surface area contributed by atoms with Gasteiger partial charge in [-0.1, -0.05) is 11.6 Å². The number of rotatable bonds is 1. The van der Waals surface area contributed by atoms with Gasteiger partial charge in [0, 0.05) is 15.5 Å². The molecule has 0 saturated carbocycles. The predicted octanol–water partition coefficient (Wildman–Crippen LogP) is 3.32. The quantitative estimate of drug-likeness (QED) is 0.878. The first-order valence-corrected chi connectivity index (χ1v) is 7.10.